The molecule has 2 aromatic carbocycles. The van der Waals surface area contributed by atoms with E-state index in [4.69, 9.17) is 23.2 Å². The molecule has 1 nitrogen and oxygen atoms in total. The van der Waals surface area contributed by atoms with E-state index < -0.39 is 5.76 Å². The van der Waals surface area contributed by atoms with Gasteiger partial charge in [-0.05, 0) is 42.8 Å². The summed E-state index contributed by atoms with van der Waals surface area (Å²) in [6, 6.07) is 12.0. The molecule has 0 spiro atoms. The average Bonchev–Trinajstić information content (AvgIpc) is 2.43. The summed E-state index contributed by atoms with van der Waals surface area (Å²) in [7, 11) is 0. The second-order valence-electron chi connectivity index (χ2n) is 4.41. The first-order valence-electron chi connectivity index (χ1n) is 6.22. The van der Waals surface area contributed by atoms with Crippen LogP contribution in [0.5, 0.6) is 0 Å². The molecule has 112 valence electrons. The Morgan fingerprint density at radius 3 is 2.52 bits per heavy atom. The molecular weight excluding hydrogens is 335 g/mol. The number of para-hydroxylation sites is 1. The van der Waals surface area contributed by atoms with E-state index in [1.165, 1.54) is 0 Å². The van der Waals surface area contributed by atoms with Gasteiger partial charge in [0.15, 0.2) is 0 Å². The summed E-state index contributed by atoms with van der Waals surface area (Å²) in [5.74, 6) is -2.46. The Morgan fingerprint density at radius 1 is 1.10 bits per heavy atom. The highest BCUT2D eigenvalue weighted by Crippen LogP contribution is 2.35. The molecule has 0 saturated heterocycles. The third kappa shape index (κ3) is 4.50. The molecule has 0 aliphatic heterocycles. The van der Waals surface area contributed by atoms with Crippen LogP contribution in [0.15, 0.2) is 47.4 Å². The minimum atomic E-state index is -2.46. The van der Waals surface area contributed by atoms with Gasteiger partial charge in [-0.2, -0.15) is 8.78 Å². The van der Waals surface area contributed by atoms with Crippen molar-refractivity contribution in [3.63, 3.8) is 0 Å². The maximum atomic E-state index is 12.6. The van der Waals surface area contributed by atoms with E-state index in [9.17, 15) is 8.78 Å². The van der Waals surface area contributed by atoms with E-state index >= 15 is 0 Å². The SMILES string of the molecule is CC(Nc1ccccc1SC(F)F)c1cc(Cl)ccc1Cl. The molecule has 0 radical (unpaired) electrons. The number of rotatable bonds is 5. The number of thioether (sulfide) groups is 1. The predicted octanol–water partition coefficient (Wildman–Crippen LogP) is 6.48. The molecule has 0 aliphatic rings. The van der Waals surface area contributed by atoms with Crippen LogP contribution >= 0.6 is 35.0 Å². The number of halogens is 4. The molecule has 0 saturated carbocycles. The lowest BCUT2D eigenvalue weighted by atomic mass is 10.1. The summed E-state index contributed by atoms with van der Waals surface area (Å²) in [5.41, 5.74) is 1.47. The van der Waals surface area contributed by atoms with E-state index in [2.05, 4.69) is 5.32 Å². The molecule has 2 aromatic rings. The lowest BCUT2D eigenvalue weighted by Crippen LogP contribution is -2.08. The Bertz CT molecular complexity index is 622. The van der Waals surface area contributed by atoms with Crippen LogP contribution in [0.4, 0.5) is 14.5 Å². The van der Waals surface area contributed by atoms with Crippen molar-refractivity contribution in [2.24, 2.45) is 0 Å². The van der Waals surface area contributed by atoms with Gasteiger partial charge in [0, 0.05) is 20.6 Å². The van der Waals surface area contributed by atoms with Gasteiger partial charge >= 0.3 is 0 Å². The van der Waals surface area contributed by atoms with Crippen LogP contribution in [0.3, 0.4) is 0 Å². The monoisotopic (exact) mass is 347 g/mol. The Kier molecular flexibility index (Phi) is 5.73. The maximum absolute atomic E-state index is 12.6. The molecule has 1 N–H and O–H groups in total. The van der Waals surface area contributed by atoms with Crippen LogP contribution in [0.25, 0.3) is 0 Å². The number of alkyl halides is 2. The van der Waals surface area contributed by atoms with Crippen LogP contribution in [0.2, 0.25) is 10.0 Å². The number of hydrogen-bond acceptors (Lipinski definition) is 2. The van der Waals surface area contributed by atoms with Crippen molar-refractivity contribution in [3.8, 4) is 0 Å². The number of benzene rings is 2. The van der Waals surface area contributed by atoms with Crippen LogP contribution in [-0.4, -0.2) is 5.76 Å². The van der Waals surface area contributed by atoms with Crippen molar-refractivity contribution < 1.29 is 8.78 Å². The molecule has 1 unspecified atom stereocenters. The fourth-order valence-corrected chi connectivity index (χ4v) is 3.01. The second kappa shape index (κ2) is 7.34. The van der Waals surface area contributed by atoms with Crippen LogP contribution < -0.4 is 5.32 Å². The first kappa shape index (κ1) is 16.4. The zero-order chi connectivity index (χ0) is 15.4. The largest absolute Gasteiger partial charge is 0.378 e. The van der Waals surface area contributed by atoms with Gasteiger partial charge in [0.1, 0.15) is 0 Å². The lowest BCUT2D eigenvalue weighted by molar-refractivity contribution is 0.252. The van der Waals surface area contributed by atoms with E-state index in [1.807, 2.05) is 6.92 Å². The van der Waals surface area contributed by atoms with Crippen LogP contribution in [0.1, 0.15) is 18.5 Å². The van der Waals surface area contributed by atoms with Crippen LogP contribution in [0, 0.1) is 0 Å². The highest BCUT2D eigenvalue weighted by Gasteiger charge is 2.14. The van der Waals surface area contributed by atoms with Gasteiger partial charge in [-0.1, -0.05) is 47.1 Å². The number of hydrogen-bond donors (Lipinski definition) is 1. The highest BCUT2D eigenvalue weighted by atomic mass is 35.5. The minimum Gasteiger partial charge on any atom is -0.378 e. The molecule has 1 atom stereocenters. The van der Waals surface area contributed by atoms with Gasteiger partial charge < -0.3 is 5.32 Å². The topological polar surface area (TPSA) is 12.0 Å². The summed E-state index contributed by atoms with van der Waals surface area (Å²) >= 11 is 12.6. The van der Waals surface area contributed by atoms with Gasteiger partial charge in [0.2, 0.25) is 0 Å². The van der Waals surface area contributed by atoms with Gasteiger partial charge in [-0.3, -0.25) is 0 Å². The molecule has 0 heterocycles. The van der Waals surface area contributed by atoms with E-state index in [1.54, 1.807) is 42.5 Å². The average molecular weight is 348 g/mol. The summed E-state index contributed by atoms with van der Waals surface area (Å²) in [4.78, 5) is 0.498. The fraction of sp³-hybridized carbons (Fsp3) is 0.200. The first-order chi connectivity index (χ1) is 9.97. The Balaban J connectivity index is 2.23. The standard InChI is InChI=1S/C15H13Cl2F2NS/c1-9(11-8-10(16)6-7-12(11)17)20-13-4-2-3-5-14(13)21-15(18)19/h2-9,15,20H,1H3. The first-order valence-corrected chi connectivity index (χ1v) is 7.86. The smallest absolute Gasteiger partial charge is 0.288 e. The quantitative estimate of drug-likeness (QED) is 0.621. The normalized spacial score (nSPS) is 12.5. The van der Waals surface area contributed by atoms with E-state index in [-0.39, 0.29) is 6.04 Å². The third-order valence-electron chi connectivity index (χ3n) is 2.90. The molecule has 0 fully saturated rings. The summed E-state index contributed by atoms with van der Waals surface area (Å²) in [6.07, 6.45) is 0. The van der Waals surface area contributed by atoms with Gasteiger partial charge in [-0.15, -0.1) is 0 Å². The minimum absolute atomic E-state index is 0.157. The van der Waals surface area contributed by atoms with Crippen molar-refractivity contribution >= 4 is 40.7 Å². The third-order valence-corrected chi connectivity index (χ3v) is 4.27. The molecule has 2 rings (SSSR count). The molecule has 0 amide bonds. The van der Waals surface area contributed by atoms with E-state index in [0.29, 0.717) is 32.4 Å². The van der Waals surface area contributed by atoms with Crippen molar-refractivity contribution in [2.45, 2.75) is 23.6 Å². The van der Waals surface area contributed by atoms with Crippen molar-refractivity contribution in [2.75, 3.05) is 5.32 Å². The van der Waals surface area contributed by atoms with Crippen molar-refractivity contribution in [1.29, 1.82) is 0 Å². The fourth-order valence-electron chi connectivity index (χ4n) is 1.94. The Morgan fingerprint density at radius 2 is 1.81 bits per heavy atom. The second-order valence-corrected chi connectivity index (χ2v) is 6.28. The lowest BCUT2D eigenvalue weighted by Gasteiger charge is -2.19. The van der Waals surface area contributed by atoms with Gasteiger partial charge in [0.25, 0.3) is 5.76 Å². The van der Waals surface area contributed by atoms with Crippen molar-refractivity contribution in [1.82, 2.24) is 0 Å². The zero-order valence-electron chi connectivity index (χ0n) is 11.1. The van der Waals surface area contributed by atoms with Gasteiger partial charge in [0.05, 0.1) is 6.04 Å². The summed E-state index contributed by atoms with van der Waals surface area (Å²) in [6.45, 7) is 1.90. The van der Waals surface area contributed by atoms with E-state index in [0.717, 1.165) is 5.56 Å². The summed E-state index contributed by atoms with van der Waals surface area (Å²) < 4.78 is 25.1. The Labute approximate surface area is 136 Å². The predicted molar refractivity (Wildman–Crippen MR) is 86.8 cm³/mol. The molecule has 0 aliphatic carbocycles. The van der Waals surface area contributed by atoms with Crippen LogP contribution in [-0.2, 0) is 0 Å². The molecule has 21 heavy (non-hydrogen) atoms. The molecule has 0 bridgehead atoms. The number of nitrogens with one attached hydrogen (secondary N) is 1. The highest BCUT2D eigenvalue weighted by molar-refractivity contribution is 7.99. The zero-order valence-corrected chi connectivity index (χ0v) is 13.4. The van der Waals surface area contributed by atoms with Gasteiger partial charge in [-0.25, -0.2) is 0 Å². The molecule has 6 heteroatoms. The Hall–Kier alpha value is -0.970. The maximum Gasteiger partial charge on any atom is 0.288 e. The molecule has 0 aromatic heterocycles. The molecular formula is C15H13Cl2F2NS. The number of anilines is 1. The summed E-state index contributed by atoms with van der Waals surface area (Å²) in [5, 5.41) is 4.37. The van der Waals surface area contributed by atoms with Crippen molar-refractivity contribution in [3.05, 3.63) is 58.1 Å².